The highest BCUT2D eigenvalue weighted by Crippen LogP contribution is 2.21. The van der Waals surface area contributed by atoms with Crippen LogP contribution in [0, 0.1) is 5.92 Å². The molecule has 1 unspecified atom stereocenters. The lowest BCUT2D eigenvalue weighted by molar-refractivity contribution is -0.133. The van der Waals surface area contributed by atoms with Gasteiger partial charge < -0.3 is 14.7 Å². The zero-order valence-corrected chi connectivity index (χ0v) is 14.2. The number of benzene rings is 1. The van der Waals surface area contributed by atoms with Gasteiger partial charge in [0.15, 0.2) is 0 Å². The number of hydrogen-bond donors (Lipinski definition) is 2. The van der Waals surface area contributed by atoms with E-state index in [0.717, 1.165) is 6.42 Å². The minimum atomic E-state index is -0.684. The van der Waals surface area contributed by atoms with Crippen molar-refractivity contribution in [3.8, 4) is 0 Å². The summed E-state index contributed by atoms with van der Waals surface area (Å²) in [6.45, 7) is 5.20. The molecule has 0 aromatic heterocycles. The molecule has 0 spiro atoms. The highest BCUT2D eigenvalue weighted by Gasteiger charge is 2.42. The number of aryl methyl sites for hydroxylation is 1. The second-order valence-electron chi connectivity index (χ2n) is 6.45. The Morgan fingerprint density at radius 1 is 1.30 bits per heavy atom. The molecule has 1 amide bonds. The van der Waals surface area contributed by atoms with E-state index in [1.165, 1.54) is 5.56 Å². The third kappa shape index (κ3) is 4.53. The number of carbonyl (C=O) groups excluding carboxylic acids is 1. The van der Waals surface area contributed by atoms with Crippen molar-refractivity contribution in [2.45, 2.75) is 45.0 Å². The van der Waals surface area contributed by atoms with Gasteiger partial charge in [0.1, 0.15) is 6.04 Å². The van der Waals surface area contributed by atoms with E-state index >= 15 is 0 Å². The number of ether oxygens (including phenoxy) is 1. The Labute approximate surface area is 138 Å². The molecule has 0 bridgehead atoms. The van der Waals surface area contributed by atoms with Gasteiger partial charge in [0.05, 0.1) is 18.9 Å². The van der Waals surface area contributed by atoms with E-state index in [1.807, 2.05) is 30.3 Å². The van der Waals surface area contributed by atoms with Gasteiger partial charge in [-0.15, -0.1) is 0 Å². The molecular formula is C18H28N2O3. The largest absolute Gasteiger partial charge is 0.391 e. The first-order valence-corrected chi connectivity index (χ1v) is 8.32. The first-order chi connectivity index (χ1) is 11.0. The number of hydrogen-bond acceptors (Lipinski definition) is 4. The Kier molecular flexibility index (Phi) is 6.57. The third-order valence-corrected chi connectivity index (χ3v) is 4.36. The summed E-state index contributed by atoms with van der Waals surface area (Å²) in [4.78, 5) is 14.4. The van der Waals surface area contributed by atoms with Crippen LogP contribution in [0.2, 0.25) is 0 Å². The molecule has 5 nitrogen and oxygen atoms in total. The van der Waals surface area contributed by atoms with Gasteiger partial charge in [-0.1, -0.05) is 44.2 Å². The fourth-order valence-electron chi connectivity index (χ4n) is 3.05. The van der Waals surface area contributed by atoms with Crippen molar-refractivity contribution in [3.63, 3.8) is 0 Å². The van der Waals surface area contributed by atoms with E-state index < -0.39 is 12.1 Å². The van der Waals surface area contributed by atoms with E-state index in [0.29, 0.717) is 19.6 Å². The van der Waals surface area contributed by atoms with Crippen LogP contribution in [0.25, 0.3) is 0 Å². The Balaban J connectivity index is 1.96. The summed E-state index contributed by atoms with van der Waals surface area (Å²) in [6.07, 6.45) is 0.597. The van der Waals surface area contributed by atoms with Crippen molar-refractivity contribution in [1.82, 2.24) is 10.2 Å². The molecule has 1 fully saturated rings. The van der Waals surface area contributed by atoms with E-state index in [4.69, 9.17) is 4.74 Å². The van der Waals surface area contributed by atoms with Crippen molar-refractivity contribution in [2.24, 2.45) is 5.92 Å². The number of carbonyl (C=O) groups is 1. The summed E-state index contributed by atoms with van der Waals surface area (Å²) in [5.74, 6) is 0.253. The summed E-state index contributed by atoms with van der Waals surface area (Å²) in [6, 6.07) is 9.51. The second-order valence-corrected chi connectivity index (χ2v) is 6.45. The number of methoxy groups -OCH3 is 1. The highest BCUT2D eigenvalue weighted by atomic mass is 16.5. The number of nitrogens with zero attached hydrogens (tertiary/aromatic N) is 1. The third-order valence-electron chi connectivity index (χ3n) is 4.36. The molecule has 0 radical (unpaired) electrons. The summed E-state index contributed by atoms with van der Waals surface area (Å²) < 4.78 is 5.10. The number of nitrogens with one attached hydrogen (secondary N) is 1. The molecule has 1 aromatic carbocycles. The van der Waals surface area contributed by atoms with Crippen LogP contribution in [0.3, 0.4) is 0 Å². The quantitative estimate of drug-likeness (QED) is 0.760. The van der Waals surface area contributed by atoms with E-state index in [2.05, 4.69) is 19.2 Å². The average molecular weight is 320 g/mol. The zero-order valence-electron chi connectivity index (χ0n) is 14.2. The minimum absolute atomic E-state index is 0.0266. The molecule has 2 N–H and O–H groups in total. The topological polar surface area (TPSA) is 61.8 Å². The summed E-state index contributed by atoms with van der Waals surface area (Å²) in [7, 11) is 1.63. The molecule has 2 rings (SSSR count). The molecule has 0 saturated carbocycles. The van der Waals surface area contributed by atoms with Crippen molar-refractivity contribution in [1.29, 1.82) is 0 Å². The molecule has 1 aliphatic rings. The van der Waals surface area contributed by atoms with Gasteiger partial charge in [0.2, 0.25) is 5.91 Å². The molecule has 23 heavy (non-hydrogen) atoms. The predicted molar refractivity (Wildman–Crippen MR) is 89.9 cm³/mol. The highest BCUT2D eigenvalue weighted by molar-refractivity contribution is 5.85. The lowest BCUT2D eigenvalue weighted by Crippen LogP contribution is -2.43. The zero-order chi connectivity index (χ0) is 16.8. The average Bonchev–Trinajstić information content (AvgIpc) is 2.88. The molecule has 1 heterocycles. The molecule has 3 atom stereocenters. The van der Waals surface area contributed by atoms with Crippen LogP contribution in [0.5, 0.6) is 0 Å². The summed E-state index contributed by atoms with van der Waals surface area (Å²) >= 11 is 0. The van der Waals surface area contributed by atoms with Crippen LogP contribution < -0.4 is 5.32 Å². The van der Waals surface area contributed by atoms with Gasteiger partial charge >= 0.3 is 0 Å². The van der Waals surface area contributed by atoms with Crippen LogP contribution in [0.15, 0.2) is 30.3 Å². The molecule has 1 saturated heterocycles. The van der Waals surface area contributed by atoms with Crippen LogP contribution in [-0.4, -0.2) is 54.5 Å². The van der Waals surface area contributed by atoms with Gasteiger partial charge in [0.25, 0.3) is 0 Å². The monoisotopic (exact) mass is 320 g/mol. The molecule has 1 aromatic rings. The number of amides is 1. The lowest BCUT2D eigenvalue weighted by atomic mass is 10.0. The maximum Gasteiger partial charge on any atom is 0.243 e. The maximum absolute atomic E-state index is 12.6. The Bertz CT molecular complexity index is 492. The van der Waals surface area contributed by atoms with Gasteiger partial charge in [-0.05, 0) is 24.3 Å². The molecule has 5 heteroatoms. The van der Waals surface area contributed by atoms with Crippen molar-refractivity contribution >= 4 is 5.91 Å². The maximum atomic E-state index is 12.6. The molecule has 128 valence electrons. The Morgan fingerprint density at radius 3 is 2.61 bits per heavy atom. The fourth-order valence-corrected chi connectivity index (χ4v) is 3.05. The smallest absolute Gasteiger partial charge is 0.243 e. The summed E-state index contributed by atoms with van der Waals surface area (Å²) in [5, 5.41) is 13.8. The first kappa shape index (κ1) is 17.9. The van der Waals surface area contributed by atoms with Crippen molar-refractivity contribution in [2.75, 3.05) is 20.3 Å². The molecule has 0 aliphatic carbocycles. The van der Waals surface area contributed by atoms with Crippen LogP contribution in [0.4, 0.5) is 0 Å². The first-order valence-electron chi connectivity index (χ1n) is 8.32. The molecule has 1 aliphatic heterocycles. The van der Waals surface area contributed by atoms with Crippen LogP contribution in [-0.2, 0) is 16.0 Å². The van der Waals surface area contributed by atoms with Crippen LogP contribution >= 0.6 is 0 Å². The van der Waals surface area contributed by atoms with Gasteiger partial charge in [-0.3, -0.25) is 10.1 Å². The fraction of sp³-hybridized carbons (Fsp3) is 0.611. The minimum Gasteiger partial charge on any atom is -0.391 e. The number of aliphatic hydroxyl groups excluding tert-OH is 1. The van der Waals surface area contributed by atoms with Crippen LogP contribution in [0.1, 0.15) is 25.8 Å². The standard InChI is InChI=1S/C18H28N2O3/c1-13(2)17-19-16(18(22)20(17)11-12-23-3)15(21)10-9-14-7-5-4-6-8-14/h4-8,13,15-17,19,21H,9-12H2,1-3H3/t15-,16+,17?/m1/s1. The normalized spacial score (nSPS) is 22.8. The number of rotatable bonds is 8. The van der Waals surface area contributed by atoms with Gasteiger partial charge in [0, 0.05) is 13.7 Å². The van der Waals surface area contributed by atoms with E-state index in [9.17, 15) is 9.90 Å². The Hall–Kier alpha value is -1.43. The van der Waals surface area contributed by atoms with Crippen molar-refractivity contribution < 1.29 is 14.6 Å². The summed E-state index contributed by atoms with van der Waals surface area (Å²) in [5.41, 5.74) is 1.17. The Morgan fingerprint density at radius 2 is 2.00 bits per heavy atom. The van der Waals surface area contributed by atoms with E-state index in [1.54, 1.807) is 12.0 Å². The van der Waals surface area contributed by atoms with Gasteiger partial charge in [-0.2, -0.15) is 0 Å². The second kappa shape index (κ2) is 8.43. The lowest BCUT2D eigenvalue weighted by Gasteiger charge is -2.26. The number of aliphatic hydroxyl groups is 1. The van der Waals surface area contributed by atoms with E-state index in [-0.39, 0.29) is 18.0 Å². The van der Waals surface area contributed by atoms with Gasteiger partial charge in [-0.25, -0.2) is 0 Å². The predicted octanol–water partition coefficient (Wildman–Crippen LogP) is 1.41. The van der Waals surface area contributed by atoms with Crippen molar-refractivity contribution in [3.05, 3.63) is 35.9 Å². The molecular weight excluding hydrogens is 292 g/mol. The SMILES string of the molecule is COCCN1C(=O)[C@H]([C@H](O)CCc2ccccc2)NC1C(C)C.